The molecule has 0 aromatic carbocycles. The van der Waals surface area contributed by atoms with Gasteiger partial charge in [0.05, 0.1) is 18.2 Å². The highest BCUT2D eigenvalue weighted by Crippen LogP contribution is 2.28. The summed E-state index contributed by atoms with van der Waals surface area (Å²) in [4.78, 5) is 3.71. The third-order valence-electron chi connectivity index (χ3n) is 1.83. The molecule has 0 aliphatic heterocycles. The zero-order chi connectivity index (χ0) is 11.4. The molecule has 0 unspecified atom stereocenters. The van der Waals surface area contributed by atoms with Crippen LogP contribution in [-0.4, -0.2) is 4.98 Å². The Hall–Kier alpha value is -1.06. The zero-order valence-corrected chi connectivity index (χ0v) is 9.26. The molecule has 0 fully saturated rings. The number of halogens is 3. The lowest BCUT2D eigenvalue weighted by atomic mass is 10.1. The largest absolute Gasteiger partial charge is 0.325 e. The highest BCUT2D eigenvalue weighted by atomic mass is 79.9. The first-order chi connectivity index (χ1) is 7.10. The van der Waals surface area contributed by atoms with E-state index in [1.807, 2.05) is 6.07 Å². The molecule has 80 valence electrons. The van der Waals surface area contributed by atoms with Gasteiger partial charge in [0.25, 0.3) is 6.43 Å². The molecular weight excluding hydrogens is 268 g/mol. The van der Waals surface area contributed by atoms with Crippen LogP contribution in [0.15, 0.2) is 10.5 Å². The summed E-state index contributed by atoms with van der Waals surface area (Å²) in [6, 6.07) is 3.38. The fraction of sp³-hybridized carbons (Fsp3) is 0.333. The monoisotopic (exact) mass is 275 g/mol. The molecular formula is C9H8BrF2N3. The fourth-order valence-electron chi connectivity index (χ4n) is 1.15. The SMILES string of the molecule is N#CCc1c(Br)cc(CN)nc1C(F)F. The van der Waals surface area contributed by atoms with E-state index < -0.39 is 6.43 Å². The lowest BCUT2D eigenvalue weighted by Crippen LogP contribution is -2.06. The standard InChI is InChI=1S/C9H8BrF2N3/c10-7-3-5(4-14)15-8(9(11)12)6(7)1-2-13/h3,9H,1,4,14H2. The van der Waals surface area contributed by atoms with E-state index in [1.54, 1.807) is 6.07 Å². The van der Waals surface area contributed by atoms with Gasteiger partial charge in [-0.3, -0.25) is 4.98 Å². The summed E-state index contributed by atoms with van der Waals surface area (Å²) >= 11 is 3.13. The van der Waals surface area contributed by atoms with Crippen LogP contribution < -0.4 is 5.73 Å². The molecule has 0 saturated carbocycles. The van der Waals surface area contributed by atoms with Gasteiger partial charge in [0, 0.05) is 16.6 Å². The highest BCUT2D eigenvalue weighted by Gasteiger charge is 2.18. The van der Waals surface area contributed by atoms with Crippen LogP contribution in [0, 0.1) is 11.3 Å². The number of nitriles is 1. The lowest BCUT2D eigenvalue weighted by molar-refractivity contribution is 0.144. The van der Waals surface area contributed by atoms with Crippen molar-refractivity contribution in [1.82, 2.24) is 4.98 Å². The minimum Gasteiger partial charge on any atom is -0.325 e. The molecule has 0 radical (unpaired) electrons. The van der Waals surface area contributed by atoms with Crippen molar-refractivity contribution in [2.45, 2.75) is 19.4 Å². The molecule has 1 heterocycles. The van der Waals surface area contributed by atoms with E-state index in [1.165, 1.54) is 0 Å². The van der Waals surface area contributed by atoms with Gasteiger partial charge in [-0.2, -0.15) is 5.26 Å². The van der Waals surface area contributed by atoms with Gasteiger partial charge in [-0.25, -0.2) is 8.78 Å². The van der Waals surface area contributed by atoms with Crippen LogP contribution in [0.25, 0.3) is 0 Å². The molecule has 0 amide bonds. The lowest BCUT2D eigenvalue weighted by Gasteiger charge is -2.09. The first kappa shape index (κ1) is 12.0. The molecule has 15 heavy (non-hydrogen) atoms. The van der Waals surface area contributed by atoms with Crippen LogP contribution >= 0.6 is 15.9 Å². The van der Waals surface area contributed by atoms with Crippen LogP contribution in [-0.2, 0) is 13.0 Å². The maximum absolute atomic E-state index is 12.6. The summed E-state index contributed by atoms with van der Waals surface area (Å²) < 4.78 is 25.7. The van der Waals surface area contributed by atoms with Crippen molar-refractivity contribution >= 4 is 15.9 Å². The third-order valence-corrected chi connectivity index (χ3v) is 2.53. The summed E-state index contributed by atoms with van der Waals surface area (Å²) in [6.07, 6.45) is -2.80. The Morgan fingerprint density at radius 2 is 2.27 bits per heavy atom. The Kier molecular flexibility index (Phi) is 4.12. The molecule has 0 bridgehead atoms. The molecule has 0 aliphatic rings. The summed E-state index contributed by atoms with van der Waals surface area (Å²) in [5.74, 6) is 0. The summed E-state index contributed by atoms with van der Waals surface area (Å²) in [6.45, 7) is 0.0884. The van der Waals surface area contributed by atoms with E-state index in [0.29, 0.717) is 10.2 Å². The summed E-state index contributed by atoms with van der Waals surface area (Å²) in [5.41, 5.74) is 5.55. The number of pyridine rings is 1. The van der Waals surface area contributed by atoms with Gasteiger partial charge in [0.15, 0.2) is 0 Å². The quantitative estimate of drug-likeness (QED) is 0.921. The average Bonchev–Trinajstić information content (AvgIpc) is 2.20. The molecule has 2 N–H and O–H groups in total. The summed E-state index contributed by atoms with van der Waals surface area (Å²) in [7, 11) is 0. The van der Waals surface area contributed by atoms with E-state index in [4.69, 9.17) is 11.0 Å². The predicted molar refractivity (Wildman–Crippen MR) is 54.1 cm³/mol. The predicted octanol–water partition coefficient (Wildman–Crippen LogP) is 2.31. The maximum atomic E-state index is 12.6. The van der Waals surface area contributed by atoms with Crippen LogP contribution in [0.5, 0.6) is 0 Å². The normalized spacial score (nSPS) is 10.4. The van der Waals surface area contributed by atoms with Crippen molar-refractivity contribution in [3.05, 3.63) is 27.5 Å². The first-order valence-electron chi connectivity index (χ1n) is 4.13. The minimum absolute atomic E-state index is 0.0884. The van der Waals surface area contributed by atoms with Gasteiger partial charge in [0.2, 0.25) is 0 Å². The second kappa shape index (κ2) is 5.14. The average molecular weight is 276 g/mol. The molecule has 6 heteroatoms. The molecule has 1 rings (SSSR count). The first-order valence-corrected chi connectivity index (χ1v) is 4.92. The molecule has 1 aromatic heterocycles. The van der Waals surface area contributed by atoms with Gasteiger partial charge >= 0.3 is 0 Å². The third kappa shape index (κ3) is 2.70. The molecule has 1 aromatic rings. The highest BCUT2D eigenvalue weighted by molar-refractivity contribution is 9.10. The molecule has 0 atom stereocenters. The van der Waals surface area contributed by atoms with E-state index in [0.717, 1.165) is 0 Å². The Bertz CT molecular complexity index is 401. The van der Waals surface area contributed by atoms with Gasteiger partial charge in [-0.15, -0.1) is 0 Å². The summed E-state index contributed by atoms with van der Waals surface area (Å²) in [5, 5.41) is 8.51. The van der Waals surface area contributed by atoms with Crippen molar-refractivity contribution in [3.8, 4) is 6.07 Å². The van der Waals surface area contributed by atoms with Crippen molar-refractivity contribution in [2.75, 3.05) is 0 Å². The van der Waals surface area contributed by atoms with Crippen molar-refractivity contribution < 1.29 is 8.78 Å². The van der Waals surface area contributed by atoms with Gasteiger partial charge < -0.3 is 5.73 Å². The van der Waals surface area contributed by atoms with E-state index in [-0.39, 0.29) is 24.2 Å². The van der Waals surface area contributed by atoms with Gasteiger partial charge in [-0.1, -0.05) is 15.9 Å². The second-order valence-corrected chi connectivity index (χ2v) is 3.65. The smallest absolute Gasteiger partial charge is 0.280 e. The molecule has 0 aliphatic carbocycles. The van der Waals surface area contributed by atoms with E-state index in [2.05, 4.69) is 20.9 Å². The van der Waals surface area contributed by atoms with Crippen LogP contribution in [0.2, 0.25) is 0 Å². The number of hydrogen-bond donors (Lipinski definition) is 1. The van der Waals surface area contributed by atoms with E-state index in [9.17, 15) is 8.78 Å². The minimum atomic E-state index is -2.70. The van der Waals surface area contributed by atoms with Gasteiger partial charge in [0.1, 0.15) is 5.69 Å². The Morgan fingerprint density at radius 1 is 1.60 bits per heavy atom. The molecule has 3 nitrogen and oxygen atoms in total. The number of rotatable bonds is 3. The van der Waals surface area contributed by atoms with Crippen LogP contribution in [0.1, 0.15) is 23.4 Å². The number of hydrogen-bond acceptors (Lipinski definition) is 3. The fourth-order valence-corrected chi connectivity index (χ4v) is 1.76. The van der Waals surface area contributed by atoms with Crippen molar-refractivity contribution in [2.24, 2.45) is 5.73 Å². The van der Waals surface area contributed by atoms with E-state index >= 15 is 0 Å². The number of nitrogens with two attached hydrogens (primary N) is 1. The van der Waals surface area contributed by atoms with Gasteiger partial charge in [-0.05, 0) is 6.07 Å². The number of alkyl halides is 2. The maximum Gasteiger partial charge on any atom is 0.280 e. The van der Waals surface area contributed by atoms with Crippen LogP contribution in [0.3, 0.4) is 0 Å². The van der Waals surface area contributed by atoms with Crippen molar-refractivity contribution in [1.29, 1.82) is 5.26 Å². The van der Waals surface area contributed by atoms with Crippen LogP contribution in [0.4, 0.5) is 8.78 Å². The zero-order valence-electron chi connectivity index (χ0n) is 7.67. The molecule has 0 spiro atoms. The number of nitrogens with zero attached hydrogens (tertiary/aromatic N) is 2. The Morgan fingerprint density at radius 3 is 2.73 bits per heavy atom. The topological polar surface area (TPSA) is 62.7 Å². The Labute approximate surface area is 94.0 Å². The Balaban J connectivity index is 3.30. The number of aromatic nitrogens is 1. The van der Waals surface area contributed by atoms with Crippen molar-refractivity contribution in [3.63, 3.8) is 0 Å². The second-order valence-electron chi connectivity index (χ2n) is 2.80. The molecule has 0 saturated heterocycles.